The van der Waals surface area contributed by atoms with E-state index in [2.05, 4.69) is 0 Å². The zero-order valence-corrected chi connectivity index (χ0v) is 17.6. The molecule has 1 aliphatic heterocycles. The van der Waals surface area contributed by atoms with Gasteiger partial charge in [0.25, 0.3) is 0 Å². The van der Waals surface area contributed by atoms with Crippen LogP contribution in [0.3, 0.4) is 0 Å². The molecule has 1 fully saturated rings. The van der Waals surface area contributed by atoms with Crippen LogP contribution in [0.25, 0.3) is 22.1 Å². The number of aliphatic hydroxyl groups excluding tert-OH is 4. The largest absolute Gasteiger partial charge is 0.487 e. The molecule has 2 aromatic carbocycles. The molecule has 1 aromatic heterocycles. The summed E-state index contributed by atoms with van der Waals surface area (Å²) in [7, 11) is 0. The summed E-state index contributed by atoms with van der Waals surface area (Å²) in [5, 5.41) is 40.1. The van der Waals surface area contributed by atoms with Gasteiger partial charge in [0.15, 0.2) is 16.9 Å². The Morgan fingerprint density at radius 3 is 2.52 bits per heavy atom. The van der Waals surface area contributed by atoms with Crippen molar-refractivity contribution in [2.45, 2.75) is 30.8 Å². The minimum atomic E-state index is -1.44. The highest BCUT2D eigenvalue weighted by Crippen LogP contribution is 2.35. The molecule has 4 N–H and O–H groups in total. The van der Waals surface area contributed by atoms with Crippen molar-refractivity contribution in [1.29, 1.82) is 0 Å². The van der Waals surface area contributed by atoms with E-state index in [1.165, 1.54) is 12.3 Å². The lowest BCUT2D eigenvalue weighted by molar-refractivity contribution is -0.156. The monoisotopic (exact) mass is 456 g/mol. The molecule has 2 aliphatic rings. The van der Waals surface area contributed by atoms with Gasteiger partial charge >= 0.3 is 0 Å². The van der Waals surface area contributed by atoms with Crippen LogP contribution < -0.4 is 19.6 Å². The summed E-state index contributed by atoms with van der Waals surface area (Å²) in [6.45, 7) is 0.573. The molecule has 3 aromatic rings. The van der Waals surface area contributed by atoms with Crippen molar-refractivity contribution in [3.05, 3.63) is 52.9 Å². The number of hydrogen-bond acceptors (Lipinski definition) is 9. The average Bonchev–Trinajstić information content (AvgIpc) is 2.84. The van der Waals surface area contributed by atoms with Crippen LogP contribution in [0.4, 0.5) is 0 Å². The van der Waals surface area contributed by atoms with Gasteiger partial charge in [-0.3, -0.25) is 4.79 Å². The number of ether oxygens (including phenoxy) is 3. The molecule has 0 bridgehead atoms. The van der Waals surface area contributed by atoms with Gasteiger partial charge in [-0.15, -0.1) is 0 Å². The number of hydrogen-bond donors (Lipinski definition) is 4. The fourth-order valence-electron chi connectivity index (χ4n) is 4.35. The first-order valence-corrected chi connectivity index (χ1v) is 10.7. The third-order valence-electron chi connectivity index (χ3n) is 6.22. The first-order chi connectivity index (χ1) is 16.0. The predicted molar refractivity (Wildman–Crippen MR) is 117 cm³/mol. The Hall–Kier alpha value is -3.11. The summed E-state index contributed by atoms with van der Waals surface area (Å²) in [6, 6.07) is 9.94. The number of benzene rings is 2. The van der Waals surface area contributed by atoms with Gasteiger partial charge in [-0.25, -0.2) is 0 Å². The molecule has 0 radical (unpaired) electrons. The van der Waals surface area contributed by atoms with Crippen LogP contribution in [-0.2, 0) is 0 Å². The Morgan fingerprint density at radius 2 is 1.73 bits per heavy atom. The van der Waals surface area contributed by atoms with Crippen molar-refractivity contribution < 1.29 is 39.1 Å². The third kappa shape index (κ3) is 3.93. The van der Waals surface area contributed by atoms with Crippen LogP contribution in [-0.4, -0.2) is 64.7 Å². The van der Waals surface area contributed by atoms with Crippen molar-refractivity contribution in [2.75, 3.05) is 19.8 Å². The van der Waals surface area contributed by atoms with Gasteiger partial charge in [0.2, 0.25) is 0 Å². The molecule has 9 nitrogen and oxygen atoms in total. The molecule has 5 atom stereocenters. The molecular weight excluding hydrogens is 432 g/mol. The molecule has 2 heterocycles. The van der Waals surface area contributed by atoms with Crippen LogP contribution in [0, 0.1) is 5.92 Å². The predicted octanol–water partition coefficient (Wildman–Crippen LogP) is 1.07. The molecule has 174 valence electrons. The van der Waals surface area contributed by atoms with Gasteiger partial charge in [-0.05, 0) is 36.2 Å². The molecule has 1 saturated carbocycles. The van der Waals surface area contributed by atoms with Crippen LogP contribution in [0.15, 0.2) is 51.9 Å². The summed E-state index contributed by atoms with van der Waals surface area (Å²) in [4.78, 5) is 13.1. The molecule has 0 saturated heterocycles. The minimum absolute atomic E-state index is 0.154. The lowest BCUT2D eigenvalue weighted by Gasteiger charge is -2.39. The molecule has 9 heteroatoms. The van der Waals surface area contributed by atoms with E-state index in [0.29, 0.717) is 52.6 Å². The number of aliphatic hydroxyl groups is 4. The van der Waals surface area contributed by atoms with Gasteiger partial charge in [0.1, 0.15) is 49.1 Å². The van der Waals surface area contributed by atoms with Crippen LogP contribution in [0.1, 0.15) is 6.42 Å². The number of rotatable bonds is 4. The first kappa shape index (κ1) is 21.7. The fraction of sp³-hybridized carbons (Fsp3) is 0.375. The van der Waals surface area contributed by atoms with Crippen LogP contribution >= 0.6 is 0 Å². The molecule has 5 rings (SSSR count). The van der Waals surface area contributed by atoms with E-state index in [-0.39, 0.29) is 18.5 Å². The fourth-order valence-corrected chi connectivity index (χ4v) is 4.35. The van der Waals surface area contributed by atoms with E-state index in [1.807, 2.05) is 0 Å². The van der Waals surface area contributed by atoms with Crippen molar-refractivity contribution >= 4 is 11.0 Å². The summed E-state index contributed by atoms with van der Waals surface area (Å²) < 4.78 is 22.7. The van der Waals surface area contributed by atoms with Crippen molar-refractivity contribution in [1.82, 2.24) is 0 Å². The van der Waals surface area contributed by atoms with E-state index in [0.717, 1.165) is 0 Å². The Balaban J connectivity index is 1.42. The Bertz CT molecular complexity index is 1220. The Labute approximate surface area is 188 Å². The molecular formula is C24H24O9. The van der Waals surface area contributed by atoms with Gasteiger partial charge in [0.05, 0.1) is 17.1 Å². The molecule has 1 aliphatic carbocycles. The zero-order valence-electron chi connectivity index (χ0n) is 17.6. The summed E-state index contributed by atoms with van der Waals surface area (Å²) >= 11 is 0. The normalized spacial score (nSPS) is 26.8. The van der Waals surface area contributed by atoms with Crippen molar-refractivity contribution in [3.63, 3.8) is 0 Å². The lowest BCUT2D eigenvalue weighted by Crippen LogP contribution is -2.56. The Kier molecular flexibility index (Phi) is 5.71. The highest BCUT2D eigenvalue weighted by Gasteiger charge is 2.43. The number of fused-ring (bicyclic) bond motifs is 2. The second-order valence-electron chi connectivity index (χ2n) is 8.30. The SMILES string of the molecule is O=c1c(-c2ccc3c(c2)OCCO3)coc2cc(O[C@@H]3C[C@H](CO)[C@H](O)[C@H](O)[C@@H]3O)ccc12. The summed E-state index contributed by atoms with van der Waals surface area (Å²) in [5.41, 5.74) is 1.08. The van der Waals surface area contributed by atoms with Gasteiger partial charge in [-0.2, -0.15) is 0 Å². The maximum Gasteiger partial charge on any atom is 0.200 e. The Morgan fingerprint density at radius 1 is 0.939 bits per heavy atom. The molecule has 33 heavy (non-hydrogen) atoms. The maximum absolute atomic E-state index is 13.1. The van der Waals surface area contributed by atoms with E-state index in [4.69, 9.17) is 18.6 Å². The van der Waals surface area contributed by atoms with E-state index < -0.39 is 30.3 Å². The van der Waals surface area contributed by atoms with E-state index in [1.54, 1.807) is 30.3 Å². The minimum Gasteiger partial charge on any atom is -0.487 e. The average molecular weight is 456 g/mol. The molecule has 0 unspecified atom stereocenters. The van der Waals surface area contributed by atoms with Gasteiger partial charge in [0, 0.05) is 18.6 Å². The highest BCUT2D eigenvalue weighted by molar-refractivity contribution is 5.83. The van der Waals surface area contributed by atoms with Gasteiger partial charge in [-0.1, -0.05) is 6.07 Å². The standard InChI is InChI=1S/C24H24O9/c25-10-13-8-20(23(28)24(29)21(13)26)33-14-2-3-15-18(9-14)32-11-16(22(15)27)12-1-4-17-19(7-12)31-6-5-30-17/h1-4,7,9,11,13,20-21,23-26,28-29H,5-6,8,10H2/t13-,20-,21+,23-,24+/m1/s1. The smallest absolute Gasteiger partial charge is 0.200 e. The van der Waals surface area contributed by atoms with Crippen molar-refractivity contribution in [2.24, 2.45) is 5.92 Å². The molecule has 0 spiro atoms. The second kappa shape index (κ2) is 8.68. The van der Waals surface area contributed by atoms with Crippen LogP contribution in [0.5, 0.6) is 17.2 Å². The summed E-state index contributed by atoms with van der Waals surface area (Å²) in [5.74, 6) is 0.895. The quantitative estimate of drug-likeness (QED) is 0.454. The second-order valence-corrected chi connectivity index (χ2v) is 8.30. The van der Waals surface area contributed by atoms with E-state index >= 15 is 0 Å². The van der Waals surface area contributed by atoms with Crippen molar-refractivity contribution in [3.8, 4) is 28.4 Å². The summed E-state index contributed by atoms with van der Waals surface area (Å²) in [6.07, 6.45) is -3.32. The van der Waals surface area contributed by atoms with Gasteiger partial charge < -0.3 is 39.1 Å². The first-order valence-electron chi connectivity index (χ1n) is 10.7. The topological polar surface area (TPSA) is 139 Å². The molecule has 0 amide bonds. The maximum atomic E-state index is 13.1. The van der Waals surface area contributed by atoms with Crippen LogP contribution in [0.2, 0.25) is 0 Å². The highest BCUT2D eigenvalue weighted by atomic mass is 16.6. The third-order valence-corrected chi connectivity index (χ3v) is 6.22. The van der Waals surface area contributed by atoms with E-state index in [9.17, 15) is 25.2 Å². The lowest BCUT2D eigenvalue weighted by atomic mass is 9.81. The zero-order chi connectivity index (χ0) is 23.1.